The molecule has 0 bridgehead atoms. The Balaban J connectivity index is 2.26. The van der Waals surface area contributed by atoms with Crippen molar-refractivity contribution in [3.05, 3.63) is 58.7 Å². The molecule has 0 heteroatoms. The van der Waals surface area contributed by atoms with Gasteiger partial charge in [-0.05, 0) is 37.8 Å². The Morgan fingerprint density at radius 1 is 1.27 bits per heavy atom. The maximum absolute atomic E-state index is 2.42. The van der Waals surface area contributed by atoms with Crippen LogP contribution < -0.4 is 0 Å². The van der Waals surface area contributed by atoms with Crippen molar-refractivity contribution in [2.45, 2.75) is 26.7 Å². The Bertz CT molecular complexity index is 466. The van der Waals surface area contributed by atoms with Crippen molar-refractivity contribution in [3.8, 4) is 0 Å². The largest absolute Gasteiger partial charge is 0.0792 e. The van der Waals surface area contributed by atoms with Crippen LogP contribution in [0.3, 0.4) is 0 Å². The molecule has 0 saturated heterocycles. The highest BCUT2D eigenvalue weighted by molar-refractivity contribution is 5.61. The van der Waals surface area contributed by atoms with Crippen LogP contribution in [0.15, 0.2) is 58.7 Å². The first-order chi connectivity index (χ1) is 7.22. The minimum absolute atomic E-state index is 0.140. The van der Waals surface area contributed by atoms with E-state index in [9.17, 15) is 0 Å². The van der Waals surface area contributed by atoms with E-state index in [1.165, 1.54) is 29.6 Å². The van der Waals surface area contributed by atoms with E-state index in [0.717, 1.165) is 0 Å². The summed E-state index contributed by atoms with van der Waals surface area (Å²) in [5.41, 5.74) is 6.06. The minimum Gasteiger partial charge on any atom is -0.0792 e. The van der Waals surface area contributed by atoms with Gasteiger partial charge in [0.1, 0.15) is 0 Å². The molecule has 0 heterocycles. The fraction of sp³-hybridized carbons (Fsp3) is 0.333. The Morgan fingerprint density at radius 2 is 2.13 bits per heavy atom. The lowest BCUT2D eigenvalue weighted by Crippen LogP contribution is -2.25. The van der Waals surface area contributed by atoms with E-state index >= 15 is 0 Å². The van der Waals surface area contributed by atoms with E-state index in [1.807, 2.05) is 0 Å². The van der Waals surface area contributed by atoms with E-state index in [1.54, 1.807) is 5.57 Å². The average molecular weight is 196 g/mol. The molecule has 0 radical (unpaired) electrons. The highest BCUT2D eigenvalue weighted by atomic mass is 14.4. The van der Waals surface area contributed by atoms with E-state index in [2.05, 4.69) is 50.3 Å². The van der Waals surface area contributed by atoms with Crippen molar-refractivity contribution >= 4 is 0 Å². The zero-order valence-corrected chi connectivity index (χ0v) is 9.38. The zero-order chi connectivity index (χ0) is 10.5. The normalized spacial score (nSPS) is 32.4. The SMILES string of the molecule is CC1=CC23C=CC=C2CCC=C3C(C)=C1. The molecule has 0 N–H and O–H groups in total. The molecule has 0 aromatic carbocycles. The molecule has 0 aliphatic heterocycles. The van der Waals surface area contributed by atoms with Crippen LogP contribution in [0.4, 0.5) is 0 Å². The molecule has 0 aromatic heterocycles. The summed E-state index contributed by atoms with van der Waals surface area (Å²) in [5.74, 6) is 0. The molecule has 0 amide bonds. The molecule has 3 aliphatic carbocycles. The first-order valence-electron chi connectivity index (χ1n) is 5.70. The summed E-state index contributed by atoms with van der Waals surface area (Å²) < 4.78 is 0. The second-order valence-corrected chi connectivity index (χ2v) is 4.79. The minimum atomic E-state index is 0.140. The van der Waals surface area contributed by atoms with Gasteiger partial charge in [-0.2, -0.15) is 0 Å². The molecule has 0 saturated carbocycles. The van der Waals surface area contributed by atoms with Crippen LogP contribution in [0.5, 0.6) is 0 Å². The van der Waals surface area contributed by atoms with Gasteiger partial charge < -0.3 is 0 Å². The van der Waals surface area contributed by atoms with Gasteiger partial charge in [-0.25, -0.2) is 0 Å². The van der Waals surface area contributed by atoms with Gasteiger partial charge in [0.2, 0.25) is 0 Å². The van der Waals surface area contributed by atoms with E-state index in [-0.39, 0.29) is 5.41 Å². The number of rotatable bonds is 0. The highest BCUT2D eigenvalue weighted by Crippen LogP contribution is 2.52. The molecule has 3 aliphatic rings. The highest BCUT2D eigenvalue weighted by Gasteiger charge is 2.39. The fourth-order valence-electron chi connectivity index (χ4n) is 3.18. The summed E-state index contributed by atoms with van der Waals surface area (Å²) in [6.45, 7) is 4.44. The quantitative estimate of drug-likeness (QED) is 0.547. The first kappa shape index (κ1) is 8.96. The average Bonchev–Trinajstić information content (AvgIpc) is 2.58. The van der Waals surface area contributed by atoms with Gasteiger partial charge >= 0.3 is 0 Å². The standard InChI is InChI=1S/C15H16/c1-11-9-12(2)14-7-3-5-13-6-4-8-15(13,14)10-11/h4,6-10H,3,5H2,1-2H3. The molecule has 3 rings (SSSR count). The fourth-order valence-corrected chi connectivity index (χ4v) is 3.18. The predicted molar refractivity (Wildman–Crippen MR) is 64.5 cm³/mol. The molecule has 15 heavy (non-hydrogen) atoms. The lowest BCUT2D eigenvalue weighted by molar-refractivity contribution is 0.631. The molecule has 1 spiro atoms. The summed E-state index contributed by atoms with van der Waals surface area (Å²) in [5, 5.41) is 0. The van der Waals surface area contributed by atoms with Crippen molar-refractivity contribution in [2.75, 3.05) is 0 Å². The number of hydrogen-bond acceptors (Lipinski definition) is 0. The monoisotopic (exact) mass is 196 g/mol. The summed E-state index contributed by atoms with van der Waals surface area (Å²) in [7, 11) is 0. The van der Waals surface area contributed by atoms with Gasteiger partial charge in [0.15, 0.2) is 0 Å². The Hall–Kier alpha value is -1.30. The Kier molecular flexibility index (Phi) is 1.70. The predicted octanol–water partition coefficient (Wildman–Crippen LogP) is 4.10. The molecular weight excluding hydrogens is 180 g/mol. The van der Waals surface area contributed by atoms with Crippen molar-refractivity contribution in [1.82, 2.24) is 0 Å². The molecule has 0 nitrogen and oxygen atoms in total. The molecule has 1 unspecified atom stereocenters. The molecule has 0 fully saturated rings. The first-order valence-corrected chi connectivity index (χ1v) is 5.70. The van der Waals surface area contributed by atoms with Crippen LogP contribution in [-0.4, -0.2) is 0 Å². The van der Waals surface area contributed by atoms with Crippen LogP contribution >= 0.6 is 0 Å². The lowest BCUT2D eigenvalue weighted by atomic mass is 9.65. The van der Waals surface area contributed by atoms with Crippen LogP contribution in [0.1, 0.15) is 26.7 Å². The van der Waals surface area contributed by atoms with E-state index < -0.39 is 0 Å². The molecule has 0 aromatic rings. The summed E-state index contributed by atoms with van der Waals surface area (Å²) in [6.07, 6.45) is 16.4. The Morgan fingerprint density at radius 3 is 3.00 bits per heavy atom. The number of allylic oxidation sites excluding steroid dienone is 10. The van der Waals surface area contributed by atoms with Gasteiger partial charge in [-0.3, -0.25) is 0 Å². The maximum Gasteiger partial charge on any atom is 0.0533 e. The third-order valence-corrected chi connectivity index (χ3v) is 3.72. The van der Waals surface area contributed by atoms with Crippen LogP contribution in [0, 0.1) is 5.41 Å². The Labute approximate surface area is 91.4 Å². The second kappa shape index (κ2) is 2.85. The zero-order valence-electron chi connectivity index (χ0n) is 9.38. The summed E-state index contributed by atoms with van der Waals surface area (Å²) >= 11 is 0. The van der Waals surface area contributed by atoms with Crippen LogP contribution in [0.2, 0.25) is 0 Å². The van der Waals surface area contributed by atoms with Crippen LogP contribution in [-0.2, 0) is 0 Å². The summed E-state index contributed by atoms with van der Waals surface area (Å²) in [6, 6.07) is 0. The van der Waals surface area contributed by atoms with Crippen molar-refractivity contribution < 1.29 is 0 Å². The van der Waals surface area contributed by atoms with Gasteiger partial charge in [-0.1, -0.05) is 47.6 Å². The van der Waals surface area contributed by atoms with Crippen molar-refractivity contribution in [2.24, 2.45) is 5.41 Å². The third-order valence-electron chi connectivity index (χ3n) is 3.72. The molecule has 76 valence electrons. The van der Waals surface area contributed by atoms with Crippen molar-refractivity contribution in [1.29, 1.82) is 0 Å². The summed E-state index contributed by atoms with van der Waals surface area (Å²) in [4.78, 5) is 0. The maximum atomic E-state index is 2.42. The van der Waals surface area contributed by atoms with E-state index in [4.69, 9.17) is 0 Å². The lowest BCUT2D eigenvalue weighted by Gasteiger charge is -2.38. The molecular formula is C15H16. The van der Waals surface area contributed by atoms with Gasteiger partial charge in [0.05, 0.1) is 5.41 Å². The van der Waals surface area contributed by atoms with Gasteiger partial charge in [-0.15, -0.1) is 0 Å². The van der Waals surface area contributed by atoms with Gasteiger partial charge in [0, 0.05) is 0 Å². The smallest absolute Gasteiger partial charge is 0.0533 e. The topological polar surface area (TPSA) is 0 Å². The second-order valence-electron chi connectivity index (χ2n) is 4.79. The van der Waals surface area contributed by atoms with Crippen LogP contribution in [0.25, 0.3) is 0 Å². The number of hydrogen-bond donors (Lipinski definition) is 0. The molecule has 1 atom stereocenters. The van der Waals surface area contributed by atoms with Gasteiger partial charge in [0.25, 0.3) is 0 Å². The van der Waals surface area contributed by atoms with E-state index in [0.29, 0.717) is 0 Å². The third kappa shape index (κ3) is 1.08. The van der Waals surface area contributed by atoms with Crippen molar-refractivity contribution in [3.63, 3.8) is 0 Å².